The fourth-order valence-corrected chi connectivity index (χ4v) is 3.69. The van der Waals surface area contributed by atoms with Crippen LogP contribution in [0.15, 0.2) is 55.0 Å². The van der Waals surface area contributed by atoms with Crippen LogP contribution in [0.4, 0.5) is 5.95 Å². The second-order valence-electron chi connectivity index (χ2n) is 6.52. The number of rotatable bonds is 4. The van der Waals surface area contributed by atoms with E-state index in [-0.39, 0.29) is 6.04 Å². The van der Waals surface area contributed by atoms with Crippen LogP contribution in [-0.4, -0.2) is 26.4 Å². The number of hydrogen-bond donors (Lipinski definition) is 1. The van der Waals surface area contributed by atoms with E-state index in [1.807, 2.05) is 42.7 Å². The van der Waals surface area contributed by atoms with Gasteiger partial charge in [-0.1, -0.05) is 29.8 Å². The van der Waals surface area contributed by atoms with Gasteiger partial charge in [-0.05, 0) is 48.7 Å². The van der Waals surface area contributed by atoms with Crippen molar-refractivity contribution in [2.75, 3.05) is 12.3 Å². The lowest BCUT2D eigenvalue weighted by Gasteiger charge is -2.25. The van der Waals surface area contributed by atoms with Crippen molar-refractivity contribution in [3.8, 4) is 11.1 Å². The molecule has 0 amide bonds. The molecule has 3 aromatic rings. The molecule has 132 valence electrons. The highest BCUT2D eigenvalue weighted by Gasteiger charge is 2.29. The Kier molecular flexibility index (Phi) is 4.82. The quantitative estimate of drug-likeness (QED) is 0.753. The zero-order valence-corrected chi connectivity index (χ0v) is 15.1. The summed E-state index contributed by atoms with van der Waals surface area (Å²) in [4.78, 5) is 15.5. The van der Waals surface area contributed by atoms with Gasteiger partial charge < -0.3 is 5.73 Å². The normalized spacial score (nSPS) is 17.5. The van der Waals surface area contributed by atoms with Crippen LogP contribution < -0.4 is 5.73 Å². The first-order valence-electron chi connectivity index (χ1n) is 8.72. The molecule has 26 heavy (non-hydrogen) atoms. The molecular weight excluding hydrogens is 346 g/mol. The SMILES string of the molecule is Nc1ncc(-c2ccc(Cl)cc2)c(C2CCCN2Cc2cccnc2)n1. The number of hydrogen-bond acceptors (Lipinski definition) is 5. The Morgan fingerprint density at radius 3 is 2.77 bits per heavy atom. The minimum absolute atomic E-state index is 0.214. The smallest absolute Gasteiger partial charge is 0.220 e. The van der Waals surface area contributed by atoms with Crippen molar-refractivity contribution in [3.63, 3.8) is 0 Å². The summed E-state index contributed by atoms with van der Waals surface area (Å²) in [6.07, 6.45) is 7.73. The molecule has 2 N–H and O–H groups in total. The maximum atomic E-state index is 6.04. The van der Waals surface area contributed by atoms with Gasteiger partial charge in [-0.15, -0.1) is 0 Å². The minimum Gasteiger partial charge on any atom is -0.368 e. The monoisotopic (exact) mass is 365 g/mol. The van der Waals surface area contributed by atoms with Gasteiger partial charge in [0.25, 0.3) is 0 Å². The topological polar surface area (TPSA) is 67.9 Å². The lowest BCUT2D eigenvalue weighted by molar-refractivity contribution is 0.244. The molecule has 1 saturated heterocycles. The van der Waals surface area contributed by atoms with Gasteiger partial charge >= 0.3 is 0 Å². The van der Waals surface area contributed by atoms with Crippen LogP contribution in [0.5, 0.6) is 0 Å². The molecule has 5 nitrogen and oxygen atoms in total. The molecule has 3 heterocycles. The van der Waals surface area contributed by atoms with Gasteiger partial charge in [-0.25, -0.2) is 9.97 Å². The largest absolute Gasteiger partial charge is 0.368 e. The number of likely N-dealkylation sites (tertiary alicyclic amines) is 1. The summed E-state index contributed by atoms with van der Waals surface area (Å²) in [5, 5.41) is 0.714. The van der Waals surface area contributed by atoms with Crippen LogP contribution in [0.3, 0.4) is 0 Å². The van der Waals surface area contributed by atoms with Gasteiger partial charge in [0, 0.05) is 35.7 Å². The van der Waals surface area contributed by atoms with E-state index in [0.717, 1.165) is 42.8 Å². The molecule has 0 aliphatic carbocycles. The molecule has 2 aromatic heterocycles. The van der Waals surface area contributed by atoms with E-state index in [1.165, 1.54) is 5.56 Å². The minimum atomic E-state index is 0.214. The third-order valence-corrected chi connectivity index (χ3v) is 5.03. The molecule has 1 unspecified atom stereocenters. The average Bonchev–Trinajstić information content (AvgIpc) is 3.11. The number of nitrogens with zero attached hydrogens (tertiary/aromatic N) is 4. The van der Waals surface area contributed by atoms with Crippen molar-refractivity contribution in [2.24, 2.45) is 0 Å². The Labute approximate surface area is 157 Å². The molecule has 0 bridgehead atoms. The Bertz CT molecular complexity index is 882. The summed E-state index contributed by atoms with van der Waals surface area (Å²) in [7, 11) is 0. The maximum absolute atomic E-state index is 6.04. The van der Waals surface area contributed by atoms with Crippen LogP contribution in [-0.2, 0) is 6.54 Å². The van der Waals surface area contributed by atoms with Crippen LogP contribution >= 0.6 is 11.6 Å². The standard InChI is InChI=1S/C20H20ClN5/c21-16-7-5-15(6-8-16)17-12-24-20(22)25-19(17)18-4-2-10-26(18)13-14-3-1-9-23-11-14/h1,3,5-9,11-12,18H,2,4,10,13H2,(H2,22,24,25). The molecule has 1 aromatic carbocycles. The highest BCUT2D eigenvalue weighted by molar-refractivity contribution is 6.30. The third-order valence-electron chi connectivity index (χ3n) is 4.78. The second kappa shape index (κ2) is 7.40. The zero-order valence-electron chi connectivity index (χ0n) is 14.3. The second-order valence-corrected chi connectivity index (χ2v) is 6.96. The molecule has 4 rings (SSSR count). The number of nitrogen functional groups attached to an aromatic ring is 1. The summed E-state index contributed by atoms with van der Waals surface area (Å²) in [6, 6.07) is 12.1. The highest BCUT2D eigenvalue weighted by Crippen LogP contribution is 2.37. The van der Waals surface area contributed by atoms with Crippen molar-refractivity contribution in [1.82, 2.24) is 19.9 Å². The van der Waals surface area contributed by atoms with E-state index >= 15 is 0 Å². The van der Waals surface area contributed by atoms with E-state index in [1.54, 1.807) is 6.20 Å². The Morgan fingerprint density at radius 1 is 1.15 bits per heavy atom. The van der Waals surface area contributed by atoms with Crippen molar-refractivity contribution in [3.05, 3.63) is 71.3 Å². The van der Waals surface area contributed by atoms with Gasteiger partial charge in [0.2, 0.25) is 5.95 Å². The van der Waals surface area contributed by atoms with E-state index in [0.29, 0.717) is 11.0 Å². The number of halogens is 1. The van der Waals surface area contributed by atoms with Gasteiger partial charge in [-0.3, -0.25) is 9.88 Å². The fraction of sp³-hybridized carbons (Fsp3) is 0.250. The number of pyridine rings is 1. The first-order valence-corrected chi connectivity index (χ1v) is 9.10. The maximum Gasteiger partial charge on any atom is 0.220 e. The summed E-state index contributed by atoms with van der Waals surface area (Å²) >= 11 is 6.04. The van der Waals surface area contributed by atoms with Crippen LogP contribution in [0.25, 0.3) is 11.1 Å². The molecule has 6 heteroatoms. The summed E-state index contributed by atoms with van der Waals surface area (Å²) < 4.78 is 0. The molecule has 0 radical (unpaired) electrons. The number of benzene rings is 1. The zero-order chi connectivity index (χ0) is 17.9. The summed E-state index contributed by atoms with van der Waals surface area (Å²) in [5.41, 5.74) is 10.2. The van der Waals surface area contributed by atoms with Crippen molar-refractivity contribution < 1.29 is 0 Å². The van der Waals surface area contributed by atoms with Gasteiger partial charge in [0.15, 0.2) is 0 Å². The fourth-order valence-electron chi connectivity index (χ4n) is 3.57. The lowest BCUT2D eigenvalue weighted by Crippen LogP contribution is -2.24. The van der Waals surface area contributed by atoms with Crippen molar-refractivity contribution >= 4 is 17.5 Å². The van der Waals surface area contributed by atoms with Crippen LogP contribution in [0, 0.1) is 0 Å². The molecule has 1 atom stereocenters. The Morgan fingerprint density at radius 2 is 2.00 bits per heavy atom. The van der Waals surface area contributed by atoms with Crippen molar-refractivity contribution in [2.45, 2.75) is 25.4 Å². The number of anilines is 1. The highest BCUT2D eigenvalue weighted by atomic mass is 35.5. The number of nitrogens with two attached hydrogens (primary N) is 1. The summed E-state index contributed by atoms with van der Waals surface area (Å²) in [6.45, 7) is 1.88. The molecule has 1 aliphatic rings. The van der Waals surface area contributed by atoms with Crippen LogP contribution in [0.2, 0.25) is 5.02 Å². The van der Waals surface area contributed by atoms with Gasteiger partial charge in [0.05, 0.1) is 11.7 Å². The summed E-state index contributed by atoms with van der Waals surface area (Å²) in [5.74, 6) is 0.311. The molecular formula is C20H20ClN5. The molecule has 0 saturated carbocycles. The van der Waals surface area contributed by atoms with Crippen LogP contribution in [0.1, 0.15) is 30.1 Å². The first-order chi connectivity index (χ1) is 12.7. The predicted molar refractivity (Wildman–Crippen MR) is 104 cm³/mol. The van der Waals surface area contributed by atoms with E-state index in [2.05, 4.69) is 25.9 Å². The molecule has 0 spiro atoms. The molecule has 1 fully saturated rings. The average molecular weight is 366 g/mol. The third kappa shape index (κ3) is 3.54. The lowest BCUT2D eigenvalue weighted by atomic mass is 9.99. The predicted octanol–water partition coefficient (Wildman–Crippen LogP) is 4.11. The number of aromatic nitrogens is 3. The van der Waals surface area contributed by atoms with Gasteiger partial charge in [0.1, 0.15) is 0 Å². The van der Waals surface area contributed by atoms with Crippen molar-refractivity contribution in [1.29, 1.82) is 0 Å². The first kappa shape index (κ1) is 16.9. The van der Waals surface area contributed by atoms with Gasteiger partial charge in [-0.2, -0.15) is 0 Å². The Hall–Kier alpha value is -2.50. The van der Waals surface area contributed by atoms with E-state index < -0.39 is 0 Å². The Balaban J connectivity index is 1.69. The van der Waals surface area contributed by atoms with E-state index in [9.17, 15) is 0 Å². The van der Waals surface area contributed by atoms with E-state index in [4.69, 9.17) is 17.3 Å². The molecule has 1 aliphatic heterocycles.